The van der Waals surface area contributed by atoms with Gasteiger partial charge in [0, 0.05) is 24.2 Å². The van der Waals surface area contributed by atoms with Crippen molar-refractivity contribution >= 4 is 22.7 Å². The fourth-order valence-electron chi connectivity index (χ4n) is 3.01. The van der Waals surface area contributed by atoms with Gasteiger partial charge in [-0.15, -0.1) is 0 Å². The summed E-state index contributed by atoms with van der Waals surface area (Å²) in [6, 6.07) is 11.6. The van der Waals surface area contributed by atoms with Crippen LogP contribution in [0.25, 0.3) is 10.9 Å². The van der Waals surface area contributed by atoms with E-state index in [1.165, 1.54) is 12.3 Å². The monoisotopic (exact) mass is 421 g/mol. The van der Waals surface area contributed by atoms with Gasteiger partial charge in [-0.1, -0.05) is 6.07 Å². The number of methoxy groups -OCH3 is 2. The van der Waals surface area contributed by atoms with E-state index in [0.29, 0.717) is 52.0 Å². The molecule has 2 heterocycles. The van der Waals surface area contributed by atoms with Crippen LogP contribution in [0.4, 0.5) is 16.2 Å². The van der Waals surface area contributed by atoms with E-state index >= 15 is 0 Å². The predicted octanol–water partition coefficient (Wildman–Crippen LogP) is 4.17. The lowest BCUT2D eigenvalue weighted by Crippen LogP contribution is -2.06. The Morgan fingerprint density at radius 2 is 1.81 bits per heavy atom. The molecule has 2 aromatic carbocycles. The van der Waals surface area contributed by atoms with E-state index in [0.717, 1.165) is 0 Å². The number of benzene rings is 2. The Morgan fingerprint density at radius 1 is 1.00 bits per heavy atom. The molecule has 0 saturated heterocycles. The number of fused-ring (bicyclic) bond motifs is 1. The zero-order chi connectivity index (χ0) is 21.8. The summed E-state index contributed by atoms with van der Waals surface area (Å²) in [4.78, 5) is 12.7. The SMILES string of the molecule is COc1cc2nc(NCc3ccc(Oc4cccnc4)c(F)c3)nc(N)c2cc1OC. The number of nitrogens with zero attached hydrogens (tertiary/aromatic N) is 3. The van der Waals surface area contributed by atoms with Crippen LogP contribution in [0.15, 0.2) is 54.9 Å². The van der Waals surface area contributed by atoms with Crippen molar-refractivity contribution in [3.8, 4) is 23.0 Å². The van der Waals surface area contributed by atoms with E-state index in [2.05, 4.69) is 20.3 Å². The van der Waals surface area contributed by atoms with Gasteiger partial charge in [-0.2, -0.15) is 4.98 Å². The first kappa shape index (κ1) is 20.1. The Balaban J connectivity index is 1.51. The van der Waals surface area contributed by atoms with Crippen LogP contribution in [0.2, 0.25) is 0 Å². The highest BCUT2D eigenvalue weighted by atomic mass is 19.1. The Bertz CT molecular complexity index is 1220. The minimum absolute atomic E-state index is 0.115. The van der Waals surface area contributed by atoms with E-state index in [1.54, 1.807) is 56.8 Å². The second-order valence-corrected chi connectivity index (χ2v) is 6.57. The molecule has 8 nitrogen and oxygen atoms in total. The van der Waals surface area contributed by atoms with Gasteiger partial charge in [0.15, 0.2) is 23.1 Å². The molecule has 0 unspecified atom stereocenters. The molecule has 0 atom stereocenters. The first-order valence-electron chi connectivity index (χ1n) is 9.37. The lowest BCUT2D eigenvalue weighted by Gasteiger charge is -2.12. The predicted molar refractivity (Wildman–Crippen MR) is 115 cm³/mol. The van der Waals surface area contributed by atoms with Gasteiger partial charge in [0.1, 0.15) is 11.6 Å². The van der Waals surface area contributed by atoms with Gasteiger partial charge in [-0.05, 0) is 35.9 Å². The molecule has 31 heavy (non-hydrogen) atoms. The highest BCUT2D eigenvalue weighted by Crippen LogP contribution is 2.33. The van der Waals surface area contributed by atoms with Gasteiger partial charge < -0.3 is 25.3 Å². The van der Waals surface area contributed by atoms with E-state index < -0.39 is 5.82 Å². The quantitative estimate of drug-likeness (QED) is 0.458. The first-order valence-corrected chi connectivity index (χ1v) is 9.37. The van der Waals surface area contributed by atoms with Crippen molar-refractivity contribution in [1.82, 2.24) is 15.0 Å². The number of halogens is 1. The molecule has 0 radical (unpaired) electrons. The molecule has 0 fully saturated rings. The molecule has 0 spiro atoms. The Morgan fingerprint density at radius 3 is 2.52 bits per heavy atom. The molecular weight excluding hydrogens is 401 g/mol. The average molecular weight is 421 g/mol. The molecule has 4 rings (SSSR count). The zero-order valence-corrected chi connectivity index (χ0v) is 16.9. The third kappa shape index (κ3) is 4.40. The summed E-state index contributed by atoms with van der Waals surface area (Å²) < 4.78 is 30.6. The fraction of sp³-hybridized carbons (Fsp3) is 0.136. The summed E-state index contributed by atoms with van der Waals surface area (Å²) in [5.74, 6) is 1.76. The van der Waals surface area contributed by atoms with Crippen LogP contribution in [0, 0.1) is 5.82 Å². The van der Waals surface area contributed by atoms with Gasteiger partial charge in [0.05, 0.1) is 25.9 Å². The Labute approximate surface area is 177 Å². The number of nitrogens with one attached hydrogen (secondary N) is 1. The molecule has 0 saturated carbocycles. The van der Waals surface area contributed by atoms with Crippen molar-refractivity contribution < 1.29 is 18.6 Å². The summed E-state index contributed by atoms with van der Waals surface area (Å²) in [6.45, 7) is 0.294. The molecule has 0 aliphatic carbocycles. The third-order valence-electron chi connectivity index (χ3n) is 4.54. The van der Waals surface area contributed by atoms with Crippen molar-refractivity contribution in [3.63, 3.8) is 0 Å². The number of nitrogens with two attached hydrogens (primary N) is 1. The van der Waals surface area contributed by atoms with Crippen molar-refractivity contribution in [2.24, 2.45) is 0 Å². The molecule has 0 aliphatic rings. The van der Waals surface area contributed by atoms with Crippen LogP contribution < -0.4 is 25.3 Å². The summed E-state index contributed by atoms with van der Waals surface area (Å²) in [7, 11) is 3.09. The molecule has 158 valence electrons. The van der Waals surface area contributed by atoms with Crippen LogP contribution in [0.3, 0.4) is 0 Å². The van der Waals surface area contributed by atoms with Crippen molar-refractivity contribution in [2.75, 3.05) is 25.3 Å². The maximum Gasteiger partial charge on any atom is 0.225 e. The number of hydrogen-bond acceptors (Lipinski definition) is 8. The van der Waals surface area contributed by atoms with Gasteiger partial charge in [0.25, 0.3) is 0 Å². The number of ether oxygens (including phenoxy) is 3. The lowest BCUT2D eigenvalue weighted by molar-refractivity contribution is 0.356. The number of hydrogen-bond donors (Lipinski definition) is 2. The highest BCUT2D eigenvalue weighted by molar-refractivity contribution is 5.91. The second kappa shape index (κ2) is 8.70. The maximum atomic E-state index is 14.4. The molecular formula is C22H20FN5O3. The minimum Gasteiger partial charge on any atom is -0.493 e. The standard InChI is InChI=1S/C22H20FN5O3/c1-29-19-9-15-17(10-20(19)30-2)27-22(28-21(15)24)26-11-13-5-6-18(16(23)8-13)31-14-4-3-7-25-12-14/h3-10,12H,11H2,1-2H3,(H3,24,26,27,28). The highest BCUT2D eigenvalue weighted by Gasteiger charge is 2.12. The van der Waals surface area contributed by atoms with E-state index in [-0.39, 0.29) is 5.75 Å². The molecule has 3 N–H and O–H groups in total. The second-order valence-electron chi connectivity index (χ2n) is 6.57. The lowest BCUT2D eigenvalue weighted by atomic mass is 10.2. The van der Waals surface area contributed by atoms with Gasteiger partial charge in [0.2, 0.25) is 5.95 Å². The fourth-order valence-corrected chi connectivity index (χ4v) is 3.01. The van der Waals surface area contributed by atoms with Crippen LogP contribution in [0.1, 0.15) is 5.56 Å². The molecule has 4 aromatic rings. The Kier molecular flexibility index (Phi) is 5.65. The number of aromatic nitrogens is 3. The maximum absolute atomic E-state index is 14.4. The van der Waals surface area contributed by atoms with Crippen LogP contribution in [0.5, 0.6) is 23.0 Å². The normalized spacial score (nSPS) is 10.7. The van der Waals surface area contributed by atoms with E-state index in [9.17, 15) is 4.39 Å². The number of anilines is 2. The minimum atomic E-state index is -0.487. The zero-order valence-electron chi connectivity index (χ0n) is 16.9. The van der Waals surface area contributed by atoms with E-state index in [1.807, 2.05) is 0 Å². The molecule has 0 bridgehead atoms. The molecule has 2 aromatic heterocycles. The Hall–Kier alpha value is -4.14. The third-order valence-corrected chi connectivity index (χ3v) is 4.54. The van der Waals surface area contributed by atoms with Crippen LogP contribution in [-0.2, 0) is 6.54 Å². The van der Waals surface area contributed by atoms with Gasteiger partial charge >= 0.3 is 0 Å². The topological polar surface area (TPSA) is 104 Å². The summed E-state index contributed by atoms with van der Waals surface area (Å²) in [5, 5.41) is 3.71. The first-order chi connectivity index (χ1) is 15.1. The summed E-state index contributed by atoms with van der Waals surface area (Å²) >= 11 is 0. The van der Waals surface area contributed by atoms with Crippen LogP contribution >= 0.6 is 0 Å². The van der Waals surface area contributed by atoms with Crippen molar-refractivity contribution in [2.45, 2.75) is 6.54 Å². The largest absolute Gasteiger partial charge is 0.493 e. The smallest absolute Gasteiger partial charge is 0.225 e. The number of nitrogen functional groups attached to an aromatic ring is 1. The molecule has 0 aliphatic heterocycles. The number of rotatable bonds is 7. The van der Waals surface area contributed by atoms with Crippen LogP contribution in [-0.4, -0.2) is 29.2 Å². The summed E-state index contributed by atoms with van der Waals surface area (Å²) in [5.41, 5.74) is 7.37. The summed E-state index contributed by atoms with van der Waals surface area (Å²) in [6.07, 6.45) is 3.13. The number of pyridine rings is 1. The van der Waals surface area contributed by atoms with Crippen molar-refractivity contribution in [1.29, 1.82) is 0 Å². The van der Waals surface area contributed by atoms with Crippen molar-refractivity contribution in [3.05, 3.63) is 66.2 Å². The van der Waals surface area contributed by atoms with E-state index in [4.69, 9.17) is 19.9 Å². The average Bonchev–Trinajstić information content (AvgIpc) is 2.79. The molecule has 0 amide bonds. The van der Waals surface area contributed by atoms with Gasteiger partial charge in [-0.25, -0.2) is 9.37 Å². The molecule has 9 heteroatoms. The van der Waals surface area contributed by atoms with Gasteiger partial charge in [-0.3, -0.25) is 4.98 Å².